The predicted molar refractivity (Wildman–Crippen MR) is 460 cm³/mol. The summed E-state index contributed by atoms with van der Waals surface area (Å²) in [7, 11) is -3.01. The van der Waals surface area contributed by atoms with E-state index < -0.39 is 24.7 Å². The molecule has 15 heteroatoms. The maximum Gasteiger partial charge on any atom is 0.249 e. The van der Waals surface area contributed by atoms with Crippen LogP contribution in [-0.4, -0.2) is 141 Å². The average Bonchev–Trinajstić information content (AvgIpc) is 1.61. The number of aromatic hydroxyl groups is 4. The van der Waals surface area contributed by atoms with Gasteiger partial charge in [-0.05, 0) is 151 Å². The quantitative estimate of drug-likeness (QED) is 0.0715. The van der Waals surface area contributed by atoms with Crippen LogP contribution in [-0.2, 0) is 77.5 Å². The second-order valence-corrected chi connectivity index (χ2v) is 47.6. The molecule has 4 aromatic carbocycles. The molecule has 6 aliphatic carbocycles. The Hall–Kier alpha value is -2.65. The number of benzene rings is 4. The molecule has 3 saturated heterocycles. The topological polar surface area (TPSA) is 90.4 Å². The number of hydrogen-bond donors (Lipinski definition) is 0. The molecule has 0 aromatic heterocycles. The third-order valence-corrected chi connectivity index (χ3v) is 33.0. The Morgan fingerprint density at radius 3 is 0.887 bits per heavy atom. The van der Waals surface area contributed by atoms with Crippen LogP contribution in [0.25, 0.3) is 14.9 Å². The molecule has 9 nitrogen and oxygen atoms in total. The predicted octanol–water partition coefficient (Wildman–Crippen LogP) is 24.0. The molecule has 3 saturated carbocycles. The van der Waals surface area contributed by atoms with Gasteiger partial charge in [-0.25, -0.2) is 0 Å². The minimum Gasteiger partial charge on any atom is -0.660 e. The van der Waals surface area contributed by atoms with Gasteiger partial charge in [0.25, 0.3) is 0 Å². The fourth-order valence-corrected chi connectivity index (χ4v) is 30.4. The number of fused-ring (bicyclic) bond motifs is 3. The van der Waals surface area contributed by atoms with Gasteiger partial charge in [0.05, 0.1) is 0 Å². The molecule has 12 unspecified atom stereocenters. The first kappa shape index (κ1) is 99.4. The molecule has 6 fully saturated rings. The summed E-state index contributed by atoms with van der Waals surface area (Å²) in [5.74, 6) is 8.23. The van der Waals surface area contributed by atoms with Crippen LogP contribution in [0.2, 0.25) is 55.9 Å². The van der Waals surface area contributed by atoms with Crippen molar-refractivity contribution in [3.05, 3.63) is 251 Å². The van der Waals surface area contributed by atoms with E-state index in [9.17, 15) is 0 Å². The van der Waals surface area contributed by atoms with Gasteiger partial charge in [0.1, 0.15) is 0 Å². The Morgan fingerprint density at radius 2 is 0.632 bits per heavy atom. The van der Waals surface area contributed by atoms with Crippen molar-refractivity contribution in [1.82, 2.24) is 14.7 Å². The molecule has 3 heterocycles. The van der Waals surface area contributed by atoms with E-state index >= 15 is 0 Å². The van der Waals surface area contributed by atoms with E-state index in [1.165, 1.54) is 97.1 Å². The van der Waals surface area contributed by atoms with E-state index in [2.05, 4.69) is 238 Å². The second-order valence-electron chi connectivity index (χ2n) is 34.8. The van der Waals surface area contributed by atoms with Crippen LogP contribution in [0.4, 0.5) is 0 Å². The van der Waals surface area contributed by atoms with Crippen molar-refractivity contribution < 1.29 is 91.7 Å². The Morgan fingerprint density at radius 1 is 0.377 bits per heavy atom. The molecule has 13 rings (SSSR count). The summed E-state index contributed by atoms with van der Waals surface area (Å²) in [5.41, 5.74) is 5.63. The summed E-state index contributed by atoms with van der Waals surface area (Å²) in [6.07, 6.45) is 41.5. The Kier molecular flexibility index (Phi) is 42.5. The summed E-state index contributed by atoms with van der Waals surface area (Å²) >= 11 is 0. The largest absolute Gasteiger partial charge is 0.660 e. The van der Waals surface area contributed by atoms with Gasteiger partial charge >= 0.3 is 0 Å². The summed E-state index contributed by atoms with van der Waals surface area (Å²) in [6, 6.07) is 35.8. The summed E-state index contributed by atoms with van der Waals surface area (Å²) in [6.45, 7) is 59.0. The smallest absolute Gasteiger partial charge is 0.249 e. The monoisotopic (exact) mass is 1590 g/mol. The van der Waals surface area contributed by atoms with Gasteiger partial charge in [0, 0.05) is 122 Å². The van der Waals surface area contributed by atoms with Gasteiger partial charge in [-0.2, -0.15) is 39.0 Å². The van der Waals surface area contributed by atoms with Crippen LogP contribution in [0.15, 0.2) is 176 Å². The molecule has 106 heavy (non-hydrogen) atoms. The minimum absolute atomic E-state index is 0. The fraction of sp³-hybridized carbons (Fsp3) is 0.538. The van der Waals surface area contributed by atoms with Crippen LogP contribution in [0, 0.1) is 78.6 Å². The molecule has 12 atom stereocenters. The molecule has 0 spiro atoms. The van der Waals surface area contributed by atoms with Gasteiger partial charge in [-0.3, -0.25) is 14.7 Å². The number of ether oxygens (including phenoxy) is 3. The van der Waals surface area contributed by atoms with Crippen molar-refractivity contribution in [2.24, 2.45) is 35.5 Å². The molecule has 0 amide bonds. The first-order valence-electron chi connectivity index (χ1n) is 38.5. The molecular weight excluding hydrogens is 1440 g/mol. The van der Waals surface area contributed by atoms with Crippen LogP contribution in [0.5, 0.6) is 23.0 Å². The van der Waals surface area contributed by atoms with Gasteiger partial charge in [-0.15, -0.1) is 51.5 Å². The number of hydrogen-bond acceptors (Lipinski definition) is 3. The minimum atomic E-state index is -1.59. The molecule has 3 aliphatic heterocycles. The van der Waals surface area contributed by atoms with Crippen LogP contribution in [0.3, 0.4) is 0 Å². The van der Waals surface area contributed by atoms with Crippen molar-refractivity contribution in [2.75, 3.05) is 46.4 Å². The molecule has 9 aliphatic rings. The van der Waals surface area contributed by atoms with Crippen LogP contribution >= 0.6 is 0 Å². The standard InChI is InChI=1S/3C19H33N2Si.C13H11O.C10H13O.C8H9O.3CH3.3Sc/c3*1-19(2,3)20-22(4,5)18-14-17(21-12-8-9-13-21)15-10-6-7-11-16(15)18;1-11-7-5-6-10-13(11)14-12-8-3-2-4-9-12;1-8(2)11-10-7-5-4-6-9(10)3;1-7-5-3-4-6-8(7)9-2;;;;;;/h3*6-7,10-11,15-18H,8-9,12-14H2,1-5H3;2-10H,1H2;4-8H,3H2,1-2H3;3-6H,1H2,2H3;3*1H3;;;/q9*-1;;;/p+3. The number of nitrogens with zero attached hydrogens (tertiary/aromatic N) is 6. The zero-order valence-corrected chi connectivity index (χ0v) is 78.6. The third-order valence-electron chi connectivity index (χ3n) is 21.9. The first-order chi connectivity index (χ1) is 47.2. The van der Waals surface area contributed by atoms with Gasteiger partial charge < -0.3 is 51.4 Å². The zero-order chi connectivity index (χ0) is 72.6. The van der Waals surface area contributed by atoms with E-state index in [1.54, 1.807) is 7.11 Å². The number of aliphatic hydroxyl groups is 2. The van der Waals surface area contributed by atoms with Gasteiger partial charge in [0.15, 0.2) is 30.5 Å². The molecule has 3 radical (unpaired) electrons. The Bertz CT molecular complexity index is 3130. The molecular formula is C91H144N6O3Sc3Si3-6. The Labute approximate surface area is 710 Å². The number of allylic oxidation sites excluding steroid dienone is 9. The first-order valence-corrected chi connectivity index (χ1v) is 47.6. The van der Waals surface area contributed by atoms with Crippen molar-refractivity contribution in [3.63, 3.8) is 0 Å². The summed E-state index contributed by atoms with van der Waals surface area (Å²) in [4.78, 5) is 24.4. The number of likely N-dealkylation sites (tertiary alicyclic amines) is 3. The van der Waals surface area contributed by atoms with Crippen molar-refractivity contribution in [1.29, 1.82) is 0 Å². The molecule has 4 aromatic rings. The van der Waals surface area contributed by atoms with Gasteiger partial charge in [-0.1, -0.05) is 252 Å². The average molecular weight is 1590 g/mol. The molecule has 3 N–H and O–H groups in total. The molecule has 0 bridgehead atoms. The van der Waals surface area contributed by atoms with Crippen molar-refractivity contribution >= 4 is 24.7 Å². The van der Waals surface area contributed by atoms with Gasteiger partial charge in [0.2, 0.25) is 5.75 Å². The third kappa shape index (κ3) is 29.4. The zero-order valence-electron chi connectivity index (χ0n) is 70.2. The van der Waals surface area contributed by atoms with E-state index in [-0.39, 0.29) is 116 Å². The Balaban J connectivity index is 0.000000438. The van der Waals surface area contributed by atoms with E-state index in [1.807, 2.05) is 103 Å². The fourth-order valence-electron chi connectivity index (χ4n) is 18.4. The normalized spacial score (nSPS) is 25.5. The van der Waals surface area contributed by atoms with E-state index in [4.69, 9.17) is 14.9 Å². The maximum atomic E-state index is 5.34. The van der Waals surface area contributed by atoms with E-state index in [0.29, 0.717) is 6.10 Å². The summed E-state index contributed by atoms with van der Waals surface area (Å²) < 4.78 is 12.9. The van der Waals surface area contributed by atoms with Crippen molar-refractivity contribution in [2.45, 2.75) is 231 Å². The van der Waals surface area contributed by atoms with Crippen molar-refractivity contribution in [3.8, 4) is 23.0 Å². The van der Waals surface area contributed by atoms with Crippen LogP contribution in [0.1, 0.15) is 151 Å². The molecule has 583 valence electrons. The number of rotatable bonds is 14. The SMILES string of the molecule is CC(C)(C)[N-][Si](C)(C)C1CC(N2CCCC2)C2C=CC=CC21.CC(C)(C)[N-][Si](C)(C)C1CC(N2CCCC2)C2C=CC=CC21.CC(C)(C)[N-][Si](C)(C)C1CC(N2CCCC2)C2C=CC=CC21.[CH2-]c1ccccc1[OH+]C.[CH2-]c1ccccc1[OH+]C(C)C.[CH2-]c1ccccc1[OH+]c1ccccc1.[CH3-].[CH3-].[CH3-].[Sc].[Sc].[Sc]. The summed E-state index contributed by atoms with van der Waals surface area (Å²) in [5, 5.41) is 0. The number of para-hydroxylation sites is 4. The maximum absolute atomic E-state index is 5.34. The second kappa shape index (κ2) is 45.3. The van der Waals surface area contributed by atoms with Crippen LogP contribution < -0.4 is 0 Å². The van der Waals surface area contributed by atoms with E-state index in [0.717, 1.165) is 110 Å².